The van der Waals surface area contributed by atoms with Crippen LogP contribution in [0.1, 0.15) is 27.5 Å². The minimum Gasteiger partial charge on any atom is -0.390 e. The second-order valence-electron chi connectivity index (χ2n) is 5.95. The van der Waals surface area contributed by atoms with Gasteiger partial charge in [0.25, 0.3) is 5.91 Å². The van der Waals surface area contributed by atoms with E-state index in [-0.39, 0.29) is 5.91 Å². The van der Waals surface area contributed by atoms with Crippen molar-refractivity contribution < 1.29 is 9.90 Å². The molecule has 2 unspecified atom stereocenters. The molecule has 0 bridgehead atoms. The van der Waals surface area contributed by atoms with Gasteiger partial charge < -0.3 is 10.4 Å². The quantitative estimate of drug-likeness (QED) is 0.694. The Hall–Kier alpha value is -2.92. The average Bonchev–Trinajstić information content (AvgIpc) is 3.21. The number of carbonyl (C=O) groups excluding carboxylic acids is 1. The molecule has 4 rings (SSSR count). The number of aromatic nitrogens is 2. The molecule has 5 nitrogen and oxygen atoms in total. The van der Waals surface area contributed by atoms with Crippen molar-refractivity contribution in [2.45, 2.75) is 18.6 Å². The number of hydrogen-bond donors (Lipinski definition) is 3. The van der Waals surface area contributed by atoms with Gasteiger partial charge in [-0.2, -0.15) is 5.10 Å². The highest BCUT2D eigenvalue weighted by atomic mass is 16.3. The lowest BCUT2D eigenvalue weighted by molar-refractivity contribution is 0.0859. The Morgan fingerprint density at radius 3 is 2.71 bits per heavy atom. The molecular weight excluding hydrogens is 302 g/mol. The Kier molecular flexibility index (Phi) is 3.63. The Morgan fingerprint density at radius 1 is 1.12 bits per heavy atom. The summed E-state index contributed by atoms with van der Waals surface area (Å²) >= 11 is 0. The van der Waals surface area contributed by atoms with Gasteiger partial charge in [0.1, 0.15) is 0 Å². The molecule has 3 N–H and O–H groups in total. The molecule has 120 valence electrons. The molecule has 0 fully saturated rings. The number of aliphatic hydroxyl groups is 1. The number of amides is 1. The summed E-state index contributed by atoms with van der Waals surface area (Å²) < 4.78 is 0. The molecule has 1 aliphatic rings. The van der Waals surface area contributed by atoms with E-state index in [1.165, 1.54) is 6.20 Å². The van der Waals surface area contributed by atoms with E-state index in [4.69, 9.17) is 0 Å². The van der Waals surface area contributed by atoms with Crippen LogP contribution in [0.15, 0.2) is 60.8 Å². The van der Waals surface area contributed by atoms with E-state index >= 15 is 0 Å². The van der Waals surface area contributed by atoms with Crippen molar-refractivity contribution in [2.24, 2.45) is 0 Å². The molecule has 0 radical (unpaired) electrons. The fourth-order valence-electron chi connectivity index (χ4n) is 3.25. The van der Waals surface area contributed by atoms with Crippen LogP contribution in [0, 0.1) is 0 Å². The smallest absolute Gasteiger partial charge is 0.255 e. The normalized spacial score (nSPS) is 19.0. The predicted octanol–water partition coefficient (Wildman–Crippen LogP) is 2.46. The Bertz CT molecular complexity index is 873. The third kappa shape index (κ3) is 2.49. The summed E-state index contributed by atoms with van der Waals surface area (Å²) in [6.45, 7) is 0. The topological polar surface area (TPSA) is 78.0 Å². The fraction of sp³-hybridized carbons (Fsp3) is 0.158. The van der Waals surface area contributed by atoms with Crippen LogP contribution in [0.2, 0.25) is 0 Å². The molecular formula is C19H17N3O2. The second-order valence-corrected chi connectivity index (χ2v) is 5.95. The molecule has 24 heavy (non-hydrogen) atoms. The van der Waals surface area contributed by atoms with Crippen LogP contribution < -0.4 is 5.32 Å². The van der Waals surface area contributed by atoms with E-state index in [2.05, 4.69) is 15.5 Å². The van der Waals surface area contributed by atoms with Gasteiger partial charge >= 0.3 is 0 Å². The van der Waals surface area contributed by atoms with Crippen molar-refractivity contribution >= 4 is 5.91 Å². The van der Waals surface area contributed by atoms with Crippen molar-refractivity contribution in [2.75, 3.05) is 0 Å². The largest absolute Gasteiger partial charge is 0.390 e. The highest BCUT2D eigenvalue weighted by molar-refractivity contribution is 6.00. The monoisotopic (exact) mass is 319 g/mol. The minimum absolute atomic E-state index is 0.247. The molecule has 0 aliphatic heterocycles. The van der Waals surface area contributed by atoms with Gasteiger partial charge in [0, 0.05) is 12.0 Å². The maximum atomic E-state index is 12.7. The highest BCUT2D eigenvalue weighted by Gasteiger charge is 2.32. The van der Waals surface area contributed by atoms with E-state index in [1.807, 2.05) is 54.6 Å². The zero-order valence-electron chi connectivity index (χ0n) is 12.9. The van der Waals surface area contributed by atoms with Gasteiger partial charge in [0.2, 0.25) is 0 Å². The Balaban J connectivity index is 1.61. The molecule has 5 heteroatoms. The van der Waals surface area contributed by atoms with Crippen LogP contribution in [-0.4, -0.2) is 27.3 Å². The first kappa shape index (κ1) is 14.7. The van der Waals surface area contributed by atoms with Crippen LogP contribution in [0.5, 0.6) is 0 Å². The number of nitrogens with zero attached hydrogens (tertiary/aromatic N) is 1. The lowest BCUT2D eigenvalue weighted by Gasteiger charge is -2.18. The van der Waals surface area contributed by atoms with Crippen molar-refractivity contribution in [3.05, 3.63) is 77.5 Å². The van der Waals surface area contributed by atoms with Gasteiger partial charge in [-0.25, -0.2) is 0 Å². The molecule has 1 aliphatic carbocycles. The van der Waals surface area contributed by atoms with E-state index in [0.717, 1.165) is 16.7 Å². The summed E-state index contributed by atoms with van der Waals surface area (Å²) in [4.78, 5) is 12.7. The van der Waals surface area contributed by atoms with E-state index in [1.54, 1.807) is 0 Å². The van der Waals surface area contributed by atoms with Gasteiger partial charge in [0.05, 0.1) is 29.6 Å². The molecule has 3 aromatic rings. The first-order valence-electron chi connectivity index (χ1n) is 7.89. The lowest BCUT2D eigenvalue weighted by atomic mass is 10.1. The van der Waals surface area contributed by atoms with Crippen molar-refractivity contribution in [3.8, 4) is 11.3 Å². The predicted molar refractivity (Wildman–Crippen MR) is 90.4 cm³/mol. The Morgan fingerprint density at radius 2 is 1.88 bits per heavy atom. The Labute approximate surface area is 139 Å². The van der Waals surface area contributed by atoms with E-state index < -0.39 is 12.1 Å². The standard InChI is InChI=1S/C19H17N3O2/c23-16-10-13-8-4-5-9-14(13)18(16)21-19(24)15-11-20-22-17(15)12-6-2-1-3-7-12/h1-9,11,16,18,23H,10H2,(H,20,22)(H,21,24). The number of rotatable bonds is 3. The summed E-state index contributed by atoms with van der Waals surface area (Å²) in [5, 5.41) is 20.1. The summed E-state index contributed by atoms with van der Waals surface area (Å²) in [6, 6.07) is 17.0. The maximum Gasteiger partial charge on any atom is 0.255 e. The lowest BCUT2D eigenvalue weighted by Crippen LogP contribution is -2.33. The van der Waals surface area contributed by atoms with Crippen LogP contribution >= 0.6 is 0 Å². The number of H-pyrrole nitrogens is 1. The molecule has 1 aromatic heterocycles. The summed E-state index contributed by atoms with van der Waals surface area (Å²) in [5.74, 6) is -0.247. The zero-order valence-corrected chi connectivity index (χ0v) is 12.9. The summed E-state index contributed by atoms with van der Waals surface area (Å²) in [5.41, 5.74) is 4.09. The average molecular weight is 319 g/mol. The third-order valence-electron chi connectivity index (χ3n) is 4.44. The number of benzene rings is 2. The zero-order chi connectivity index (χ0) is 16.5. The molecule has 2 aromatic carbocycles. The molecule has 0 saturated heterocycles. The molecule has 1 amide bonds. The number of nitrogens with one attached hydrogen (secondary N) is 2. The van der Waals surface area contributed by atoms with Crippen molar-refractivity contribution in [3.63, 3.8) is 0 Å². The van der Waals surface area contributed by atoms with E-state index in [0.29, 0.717) is 17.7 Å². The van der Waals surface area contributed by atoms with Crippen LogP contribution in [0.3, 0.4) is 0 Å². The van der Waals surface area contributed by atoms with Gasteiger partial charge in [-0.15, -0.1) is 0 Å². The molecule has 0 saturated carbocycles. The first-order valence-corrected chi connectivity index (χ1v) is 7.89. The van der Waals surface area contributed by atoms with Crippen molar-refractivity contribution in [1.29, 1.82) is 0 Å². The third-order valence-corrected chi connectivity index (χ3v) is 4.44. The number of aliphatic hydroxyl groups excluding tert-OH is 1. The fourth-order valence-corrected chi connectivity index (χ4v) is 3.25. The van der Waals surface area contributed by atoms with Crippen LogP contribution in [0.4, 0.5) is 0 Å². The highest BCUT2D eigenvalue weighted by Crippen LogP contribution is 2.32. The van der Waals surface area contributed by atoms with Crippen LogP contribution in [0.25, 0.3) is 11.3 Å². The molecule has 0 spiro atoms. The van der Waals surface area contributed by atoms with E-state index in [9.17, 15) is 9.90 Å². The number of fused-ring (bicyclic) bond motifs is 1. The second kappa shape index (κ2) is 5.94. The molecule has 1 heterocycles. The van der Waals surface area contributed by atoms with Crippen LogP contribution in [-0.2, 0) is 6.42 Å². The maximum absolute atomic E-state index is 12.7. The number of hydrogen-bond acceptors (Lipinski definition) is 3. The van der Waals surface area contributed by atoms with Gasteiger partial charge in [-0.05, 0) is 11.1 Å². The van der Waals surface area contributed by atoms with Gasteiger partial charge in [0.15, 0.2) is 0 Å². The number of aromatic amines is 1. The minimum atomic E-state index is -0.613. The molecule has 2 atom stereocenters. The summed E-state index contributed by atoms with van der Waals surface area (Å²) in [6.07, 6.45) is 1.46. The first-order chi connectivity index (χ1) is 11.7. The number of carbonyl (C=O) groups is 1. The van der Waals surface area contributed by atoms with Gasteiger partial charge in [-0.3, -0.25) is 9.89 Å². The van der Waals surface area contributed by atoms with Gasteiger partial charge in [-0.1, -0.05) is 54.6 Å². The summed E-state index contributed by atoms with van der Waals surface area (Å²) in [7, 11) is 0. The van der Waals surface area contributed by atoms with Crippen molar-refractivity contribution in [1.82, 2.24) is 15.5 Å². The SMILES string of the molecule is O=C(NC1c2ccccc2CC1O)c1cn[nH]c1-c1ccccc1.